The van der Waals surface area contributed by atoms with E-state index in [0.717, 1.165) is 12.1 Å². The Bertz CT molecular complexity index is 373. The van der Waals surface area contributed by atoms with E-state index in [2.05, 4.69) is 10.6 Å². The van der Waals surface area contributed by atoms with Gasteiger partial charge in [0.25, 0.3) is 0 Å². The molecule has 0 atom stereocenters. The molecule has 16 heavy (non-hydrogen) atoms. The Balaban J connectivity index is 2.65. The number of anilines is 1. The van der Waals surface area contributed by atoms with Gasteiger partial charge in [-0.15, -0.1) is 0 Å². The van der Waals surface area contributed by atoms with Crippen LogP contribution in [0.4, 0.5) is 18.9 Å². The van der Waals surface area contributed by atoms with Crippen molar-refractivity contribution in [3.05, 3.63) is 29.6 Å². The number of hydrogen-bond acceptors (Lipinski definition) is 2. The summed E-state index contributed by atoms with van der Waals surface area (Å²) in [5.41, 5.74) is 0.0163. The van der Waals surface area contributed by atoms with E-state index in [4.69, 9.17) is 0 Å². The van der Waals surface area contributed by atoms with E-state index in [1.165, 1.54) is 0 Å². The van der Waals surface area contributed by atoms with Crippen molar-refractivity contribution in [3.8, 4) is 0 Å². The first kappa shape index (κ1) is 12.4. The molecule has 0 aromatic heterocycles. The van der Waals surface area contributed by atoms with Gasteiger partial charge in [0.2, 0.25) is 5.91 Å². The van der Waals surface area contributed by atoms with Gasteiger partial charge in [-0.2, -0.15) is 0 Å². The molecule has 0 bridgehead atoms. The topological polar surface area (TPSA) is 41.1 Å². The van der Waals surface area contributed by atoms with Gasteiger partial charge in [0.05, 0.1) is 6.54 Å². The molecule has 1 amide bonds. The van der Waals surface area contributed by atoms with E-state index >= 15 is 0 Å². The number of carbonyl (C=O) groups excluding carboxylic acids is 1. The predicted octanol–water partition coefficient (Wildman–Crippen LogP) is 1.65. The molecule has 1 rings (SSSR count). The fourth-order valence-corrected chi connectivity index (χ4v) is 1.10. The molecule has 1 aromatic rings. The second-order valence-electron chi connectivity index (χ2n) is 3.06. The van der Waals surface area contributed by atoms with E-state index < -0.39 is 17.5 Å². The lowest BCUT2D eigenvalue weighted by atomic mass is 10.3. The first-order valence-corrected chi connectivity index (χ1v) is 4.69. The monoisotopic (exact) mass is 232 g/mol. The maximum Gasteiger partial charge on any atom is 0.239 e. The predicted molar refractivity (Wildman–Crippen MR) is 53.5 cm³/mol. The van der Waals surface area contributed by atoms with Crippen molar-refractivity contribution < 1.29 is 18.0 Å². The summed E-state index contributed by atoms with van der Waals surface area (Å²) < 4.78 is 38.1. The summed E-state index contributed by atoms with van der Waals surface area (Å²) in [6, 6.07) is 1.58. The van der Waals surface area contributed by atoms with Crippen LogP contribution >= 0.6 is 0 Å². The summed E-state index contributed by atoms with van der Waals surface area (Å²) in [7, 11) is 0. The van der Waals surface area contributed by atoms with Crippen molar-refractivity contribution in [2.45, 2.75) is 6.92 Å². The minimum absolute atomic E-state index is 0.0163. The Morgan fingerprint density at radius 1 is 1.25 bits per heavy atom. The van der Waals surface area contributed by atoms with Crippen LogP contribution in [0, 0.1) is 17.5 Å². The van der Waals surface area contributed by atoms with Crippen LogP contribution in [0.5, 0.6) is 0 Å². The highest BCUT2D eigenvalue weighted by Gasteiger charge is 2.10. The zero-order valence-electron chi connectivity index (χ0n) is 8.61. The molecular weight excluding hydrogens is 221 g/mol. The maximum atomic E-state index is 12.8. The first-order chi connectivity index (χ1) is 7.54. The van der Waals surface area contributed by atoms with Crippen LogP contribution in [-0.2, 0) is 4.79 Å². The summed E-state index contributed by atoms with van der Waals surface area (Å²) >= 11 is 0. The lowest BCUT2D eigenvalue weighted by Gasteiger charge is -2.07. The molecule has 88 valence electrons. The minimum Gasteiger partial charge on any atom is -0.376 e. The number of carbonyl (C=O) groups is 1. The molecule has 6 heteroatoms. The highest BCUT2D eigenvalue weighted by Crippen LogP contribution is 2.16. The zero-order chi connectivity index (χ0) is 12.1. The van der Waals surface area contributed by atoms with Gasteiger partial charge in [-0.05, 0) is 6.92 Å². The van der Waals surface area contributed by atoms with Crippen LogP contribution in [0.3, 0.4) is 0 Å². The number of likely N-dealkylation sites (N-methyl/N-ethyl adjacent to an activating group) is 1. The number of benzene rings is 1. The average Bonchev–Trinajstić information content (AvgIpc) is 2.23. The molecule has 0 unspecified atom stereocenters. The van der Waals surface area contributed by atoms with E-state index in [1.807, 2.05) is 0 Å². The van der Waals surface area contributed by atoms with Crippen LogP contribution in [-0.4, -0.2) is 19.0 Å². The van der Waals surface area contributed by atoms with Gasteiger partial charge in [0, 0.05) is 24.4 Å². The second kappa shape index (κ2) is 5.39. The molecule has 0 radical (unpaired) electrons. The molecule has 0 saturated heterocycles. The highest BCUT2D eigenvalue weighted by molar-refractivity contribution is 5.80. The molecule has 0 saturated carbocycles. The maximum absolute atomic E-state index is 12.8. The van der Waals surface area contributed by atoms with Crippen LogP contribution < -0.4 is 10.6 Å². The molecule has 0 aliphatic carbocycles. The van der Waals surface area contributed by atoms with E-state index in [9.17, 15) is 18.0 Å². The molecule has 0 spiro atoms. The van der Waals surface area contributed by atoms with Gasteiger partial charge in [-0.3, -0.25) is 4.79 Å². The number of nitrogens with one attached hydrogen (secondary N) is 2. The van der Waals surface area contributed by atoms with Crippen LogP contribution in [0.1, 0.15) is 6.92 Å². The van der Waals surface area contributed by atoms with Crippen LogP contribution in [0.15, 0.2) is 12.1 Å². The van der Waals surface area contributed by atoms with Gasteiger partial charge in [-0.25, -0.2) is 13.2 Å². The Hall–Kier alpha value is -1.72. The number of hydrogen-bond donors (Lipinski definition) is 2. The summed E-state index contributed by atoms with van der Waals surface area (Å²) in [4.78, 5) is 11.0. The molecule has 2 N–H and O–H groups in total. The average molecular weight is 232 g/mol. The highest BCUT2D eigenvalue weighted by atomic mass is 19.2. The van der Waals surface area contributed by atoms with Crippen molar-refractivity contribution in [3.63, 3.8) is 0 Å². The Kier molecular flexibility index (Phi) is 4.16. The fraction of sp³-hybridized carbons (Fsp3) is 0.300. The largest absolute Gasteiger partial charge is 0.376 e. The lowest BCUT2D eigenvalue weighted by molar-refractivity contribution is -0.119. The number of halogens is 3. The van der Waals surface area contributed by atoms with E-state index in [-0.39, 0.29) is 18.1 Å². The van der Waals surface area contributed by atoms with Gasteiger partial charge in [-0.1, -0.05) is 0 Å². The van der Waals surface area contributed by atoms with Crippen LogP contribution in [0.2, 0.25) is 0 Å². The van der Waals surface area contributed by atoms with E-state index in [0.29, 0.717) is 6.54 Å². The molecule has 0 heterocycles. The van der Waals surface area contributed by atoms with Crippen LogP contribution in [0.25, 0.3) is 0 Å². The Labute approximate surface area is 90.6 Å². The third kappa shape index (κ3) is 3.15. The van der Waals surface area contributed by atoms with Gasteiger partial charge >= 0.3 is 0 Å². The Morgan fingerprint density at radius 3 is 2.31 bits per heavy atom. The summed E-state index contributed by atoms with van der Waals surface area (Å²) in [5.74, 6) is -4.42. The minimum atomic E-state index is -1.52. The summed E-state index contributed by atoms with van der Waals surface area (Å²) in [5, 5.41) is 4.97. The molecule has 3 nitrogen and oxygen atoms in total. The second-order valence-corrected chi connectivity index (χ2v) is 3.06. The molecular formula is C10H11F3N2O. The third-order valence-electron chi connectivity index (χ3n) is 1.81. The van der Waals surface area contributed by atoms with Gasteiger partial charge < -0.3 is 10.6 Å². The van der Waals surface area contributed by atoms with Gasteiger partial charge in [0.15, 0.2) is 17.5 Å². The normalized spacial score (nSPS) is 10.0. The number of amides is 1. The summed E-state index contributed by atoms with van der Waals surface area (Å²) in [6.07, 6.45) is 0. The fourth-order valence-electron chi connectivity index (χ4n) is 1.10. The SMILES string of the molecule is CCNC(=O)CNc1cc(F)c(F)c(F)c1. The van der Waals surface area contributed by atoms with Crippen molar-refractivity contribution in [1.82, 2.24) is 5.32 Å². The smallest absolute Gasteiger partial charge is 0.239 e. The van der Waals surface area contributed by atoms with Crippen molar-refractivity contribution in [2.75, 3.05) is 18.4 Å². The first-order valence-electron chi connectivity index (χ1n) is 4.69. The van der Waals surface area contributed by atoms with Crippen molar-refractivity contribution in [1.29, 1.82) is 0 Å². The lowest BCUT2D eigenvalue weighted by Crippen LogP contribution is -2.29. The quantitative estimate of drug-likeness (QED) is 0.775. The van der Waals surface area contributed by atoms with Crippen molar-refractivity contribution in [2.24, 2.45) is 0 Å². The molecule has 1 aromatic carbocycles. The molecule has 0 aliphatic heterocycles. The van der Waals surface area contributed by atoms with Crippen molar-refractivity contribution >= 4 is 11.6 Å². The molecule has 0 aliphatic rings. The summed E-state index contributed by atoms with van der Waals surface area (Å²) in [6.45, 7) is 2.08. The Morgan fingerprint density at radius 2 is 1.81 bits per heavy atom. The van der Waals surface area contributed by atoms with Gasteiger partial charge in [0.1, 0.15) is 0 Å². The zero-order valence-corrected chi connectivity index (χ0v) is 8.61. The third-order valence-corrected chi connectivity index (χ3v) is 1.81. The van der Waals surface area contributed by atoms with E-state index in [1.54, 1.807) is 6.92 Å². The standard InChI is InChI=1S/C10H11F3N2O/c1-2-14-9(16)5-15-6-3-7(11)10(13)8(12)4-6/h3-4,15H,2,5H2,1H3,(H,14,16). The number of rotatable bonds is 4. The molecule has 0 fully saturated rings.